The molecule has 0 aliphatic rings. The van der Waals surface area contributed by atoms with Gasteiger partial charge in [-0.1, -0.05) is 15.9 Å². The smallest absolute Gasteiger partial charge is 0.340 e. The first kappa shape index (κ1) is 15.2. The number of esters is 1. The highest BCUT2D eigenvalue weighted by atomic mass is 79.9. The highest BCUT2D eigenvalue weighted by Gasteiger charge is 2.13. The van der Waals surface area contributed by atoms with E-state index in [0.717, 1.165) is 0 Å². The number of carbonyl (C=O) groups is 1. The van der Waals surface area contributed by atoms with Gasteiger partial charge in [0.2, 0.25) is 5.88 Å². The Morgan fingerprint density at radius 3 is 2.81 bits per heavy atom. The lowest BCUT2D eigenvalue weighted by molar-refractivity contribution is 0.0527. The Morgan fingerprint density at radius 1 is 1.38 bits per heavy atom. The van der Waals surface area contributed by atoms with Crippen molar-refractivity contribution in [3.05, 3.63) is 46.3 Å². The number of hydrogen-bond acceptors (Lipinski definition) is 5. The number of nitrogen functional groups attached to an aromatic ring is 1. The van der Waals surface area contributed by atoms with Crippen LogP contribution in [0.15, 0.2) is 34.9 Å². The first-order valence-electron chi connectivity index (χ1n) is 6.06. The van der Waals surface area contributed by atoms with Crippen LogP contribution in [0.4, 0.5) is 10.1 Å². The highest BCUT2D eigenvalue weighted by Crippen LogP contribution is 2.26. The molecule has 0 spiro atoms. The second-order valence-corrected chi connectivity index (χ2v) is 4.95. The number of carbonyl (C=O) groups excluding carboxylic acids is 1. The molecule has 0 aliphatic heterocycles. The van der Waals surface area contributed by atoms with E-state index in [9.17, 15) is 9.18 Å². The Morgan fingerprint density at radius 2 is 2.14 bits per heavy atom. The molecule has 0 unspecified atom stereocenters. The summed E-state index contributed by atoms with van der Waals surface area (Å²) in [6.45, 7) is 1.92. The van der Waals surface area contributed by atoms with Crippen LogP contribution in [0.3, 0.4) is 0 Å². The number of anilines is 1. The van der Waals surface area contributed by atoms with E-state index < -0.39 is 11.8 Å². The average Bonchev–Trinajstić information content (AvgIpc) is 2.40. The maximum Gasteiger partial charge on any atom is 0.340 e. The van der Waals surface area contributed by atoms with Gasteiger partial charge in [0.25, 0.3) is 0 Å². The third kappa shape index (κ3) is 3.91. The van der Waals surface area contributed by atoms with Crippen LogP contribution >= 0.6 is 15.9 Å². The number of nitrogens with two attached hydrogens (primary N) is 1. The number of halogens is 2. The molecule has 1 heterocycles. The van der Waals surface area contributed by atoms with Crippen molar-refractivity contribution < 1.29 is 18.7 Å². The Kier molecular flexibility index (Phi) is 4.74. The van der Waals surface area contributed by atoms with Crippen LogP contribution in [-0.4, -0.2) is 17.6 Å². The molecule has 0 radical (unpaired) electrons. The van der Waals surface area contributed by atoms with E-state index in [-0.39, 0.29) is 29.5 Å². The van der Waals surface area contributed by atoms with Gasteiger partial charge in [0.1, 0.15) is 11.6 Å². The van der Waals surface area contributed by atoms with Gasteiger partial charge in [0.15, 0.2) is 0 Å². The van der Waals surface area contributed by atoms with E-state index in [4.69, 9.17) is 15.2 Å². The molecule has 0 amide bonds. The summed E-state index contributed by atoms with van der Waals surface area (Å²) < 4.78 is 24.1. The minimum absolute atomic E-state index is 0.116. The van der Waals surface area contributed by atoms with Crippen molar-refractivity contribution in [3.8, 4) is 11.6 Å². The molecule has 2 N–H and O–H groups in total. The average molecular weight is 355 g/mol. The zero-order valence-corrected chi connectivity index (χ0v) is 12.7. The fourth-order valence-corrected chi connectivity index (χ4v) is 2.04. The summed E-state index contributed by atoms with van der Waals surface area (Å²) in [4.78, 5) is 15.7. The van der Waals surface area contributed by atoms with Crippen molar-refractivity contribution in [1.29, 1.82) is 0 Å². The molecule has 0 atom stereocenters. The Balaban J connectivity index is 2.28. The van der Waals surface area contributed by atoms with Crippen molar-refractivity contribution in [3.63, 3.8) is 0 Å². The highest BCUT2D eigenvalue weighted by molar-refractivity contribution is 9.10. The van der Waals surface area contributed by atoms with E-state index >= 15 is 0 Å². The van der Waals surface area contributed by atoms with Crippen LogP contribution in [0.2, 0.25) is 0 Å². The predicted octanol–water partition coefficient (Wildman–Crippen LogP) is 3.53. The second-order valence-electron chi connectivity index (χ2n) is 4.04. The molecule has 0 bridgehead atoms. The Hall–Kier alpha value is -2.15. The molecule has 1 aromatic heterocycles. The quantitative estimate of drug-likeness (QED) is 0.850. The Bertz CT molecular complexity index is 659. The summed E-state index contributed by atoms with van der Waals surface area (Å²) in [5.74, 6) is -0.665. The number of pyridine rings is 1. The molecule has 0 saturated carbocycles. The normalized spacial score (nSPS) is 10.2. The fourth-order valence-electron chi connectivity index (χ4n) is 1.60. The minimum Gasteiger partial charge on any atom is -0.462 e. The fraction of sp³-hybridized carbons (Fsp3) is 0.143. The monoisotopic (exact) mass is 354 g/mol. The summed E-state index contributed by atoms with van der Waals surface area (Å²) in [6.07, 6.45) is 1.29. The molecule has 110 valence electrons. The Labute approximate surface area is 129 Å². The first-order valence-corrected chi connectivity index (χ1v) is 6.85. The minimum atomic E-state index is -0.567. The van der Waals surface area contributed by atoms with Gasteiger partial charge in [-0.2, -0.15) is 0 Å². The SMILES string of the molecule is CCOC(=O)c1cc(Oc2cc(F)cc(Br)c2)ncc1N. The number of hydrogen-bond donors (Lipinski definition) is 1. The van der Waals surface area contributed by atoms with Gasteiger partial charge in [-0.25, -0.2) is 14.2 Å². The van der Waals surface area contributed by atoms with Crippen LogP contribution in [0.5, 0.6) is 11.6 Å². The van der Waals surface area contributed by atoms with E-state index in [2.05, 4.69) is 20.9 Å². The van der Waals surface area contributed by atoms with Crippen LogP contribution in [0.1, 0.15) is 17.3 Å². The van der Waals surface area contributed by atoms with Crippen LogP contribution in [0.25, 0.3) is 0 Å². The van der Waals surface area contributed by atoms with Crippen molar-refractivity contribution in [2.75, 3.05) is 12.3 Å². The second kappa shape index (κ2) is 6.53. The number of ether oxygens (including phenoxy) is 2. The molecular weight excluding hydrogens is 343 g/mol. The van der Waals surface area contributed by atoms with E-state index in [0.29, 0.717) is 4.47 Å². The molecule has 7 heteroatoms. The molecule has 5 nitrogen and oxygen atoms in total. The van der Waals surface area contributed by atoms with Gasteiger partial charge in [-0.05, 0) is 19.1 Å². The standard InChI is InChI=1S/C14H12BrFN2O3/c1-2-20-14(19)11-6-13(18-7-12(11)17)21-10-4-8(15)3-9(16)5-10/h3-7H,2,17H2,1H3. The van der Waals surface area contributed by atoms with Crippen molar-refractivity contribution in [1.82, 2.24) is 4.98 Å². The van der Waals surface area contributed by atoms with Crippen molar-refractivity contribution in [2.24, 2.45) is 0 Å². The number of rotatable bonds is 4. The molecule has 1 aromatic carbocycles. The maximum absolute atomic E-state index is 13.3. The number of aromatic nitrogens is 1. The van der Waals surface area contributed by atoms with Crippen LogP contribution in [0, 0.1) is 5.82 Å². The summed E-state index contributed by atoms with van der Waals surface area (Å²) in [5.41, 5.74) is 6.01. The van der Waals surface area contributed by atoms with Gasteiger partial charge in [-0.3, -0.25) is 0 Å². The molecule has 21 heavy (non-hydrogen) atoms. The van der Waals surface area contributed by atoms with Gasteiger partial charge in [-0.15, -0.1) is 0 Å². The molecule has 0 saturated heterocycles. The number of nitrogens with zero attached hydrogens (tertiary/aromatic N) is 1. The van der Waals surface area contributed by atoms with Gasteiger partial charge in [0.05, 0.1) is 24.1 Å². The topological polar surface area (TPSA) is 74.4 Å². The summed E-state index contributed by atoms with van der Waals surface area (Å²) in [5, 5.41) is 0. The lowest BCUT2D eigenvalue weighted by Crippen LogP contribution is -2.08. The van der Waals surface area contributed by atoms with E-state index in [1.54, 1.807) is 13.0 Å². The van der Waals surface area contributed by atoms with Gasteiger partial charge in [0, 0.05) is 16.6 Å². The van der Waals surface area contributed by atoms with Crippen molar-refractivity contribution in [2.45, 2.75) is 6.92 Å². The first-order chi connectivity index (χ1) is 9.99. The molecular formula is C14H12BrFN2O3. The third-order valence-corrected chi connectivity index (χ3v) is 2.92. The van der Waals surface area contributed by atoms with E-state index in [1.807, 2.05) is 0 Å². The third-order valence-electron chi connectivity index (χ3n) is 2.46. The zero-order chi connectivity index (χ0) is 15.4. The molecule has 0 aliphatic carbocycles. The van der Waals surface area contributed by atoms with Crippen LogP contribution < -0.4 is 10.5 Å². The summed E-state index contributed by atoms with van der Waals surface area (Å²) in [6, 6.07) is 5.43. The molecule has 2 aromatic rings. The van der Waals surface area contributed by atoms with E-state index in [1.165, 1.54) is 24.4 Å². The van der Waals surface area contributed by atoms with Crippen LogP contribution in [-0.2, 0) is 4.74 Å². The lowest BCUT2D eigenvalue weighted by atomic mass is 10.2. The van der Waals surface area contributed by atoms with Gasteiger partial charge < -0.3 is 15.2 Å². The maximum atomic E-state index is 13.3. The van der Waals surface area contributed by atoms with Gasteiger partial charge >= 0.3 is 5.97 Å². The number of benzene rings is 1. The summed E-state index contributed by atoms with van der Waals surface area (Å²) >= 11 is 3.16. The molecule has 0 fully saturated rings. The zero-order valence-electron chi connectivity index (χ0n) is 11.1. The molecule has 2 rings (SSSR count). The predicted molar refractivity (Wildman–Crippen MR) is 78.8 cm³/mol. The lowest BCUT2D eigenvalue weighted by Gasteiger charge is -2.09. The summed E-state index contributed by atoms with van der Waals surface area (Å²) in [7, 11) is 0. The van der Waals surface area contributed by atoms with Crippen molar-refractivity contribution >= 4 is 27.6 Å². The largest absolute Gasteiger partial charge is 0.462 e.